The minimum atomic E-state index is -4.42. The van der Waals surface area contributed by atoms with Gasteiger partial charge in [0.1, 0.15) is 0 Å². The van der Waals surface area contributed by atoms with E-state index in [1.807, 2.05) is 11.9 Å². The minimum absolute atomic E-state index is 0.0239. The Morgan fingerprint density at radius 2 is 1.86 bits per heavy atom. The number of rotatable bonds is 3. The van der Waals surface area contributed by atoms with Crippen LogP contribution in [0.25, 0.3) is 0 Å². The fourth-order valence-electron chi connectivity index (χ4n) is 4.27. The fraction of sp³-hybridized carbons (Fsp3) is 0.600. The molecule has 0 spiro atoms. The zero-order valence-electron chi connectivity index (χ0n) is 16.1. The Morgan fingerprint density at radius 3 is 2.46 bits per heavy atom. The van der Waals surface area contributed by atoms with Gasteiger partial charge in [0.25, 0.3) is 0 Å². The van der Waals surface area contributed by atoms with Crippen LogP contribution in [0, 0.1) is 5.92 Å². The number of hydrogen-bond donors (Lipinski definition) is 1. The number of likely N-dealkylation sites (N-methyl/N-ethyl adjacent to an activating group) is 1. The van der Waals surface area contributed by atoms with Crippen LogP contribution in [0.1, 0.15) is 42.9 Å². The van der Waals surface area contributed by atoms with E-state index in [1.165, 1.54) is 17.0 Å². The van der Waals surface area contributed by atoms with Crippen LogP contribution >= 0.6 is 0 Å². The molecule has 3 atom stereocenters. The number of carbonyl (C=O) groups is 2. The number of likely N-dealkylation sites (tertiary alicyclic amines) is 2. The molecule has 2 heterocycles. The van der Waals surface area contributed by atoms with Gasteiger partial charge in [0.05, 0.1) is 17.5 Å². The number of amides is 2. The highest BCUT2D eigenvalue weighted by atomic mass is 19.4. The van der Waals surface area contributed by atoms with Crippen molar-refractivity contribution in [3.05, 3.63) is 35.4 Å². The van der Waals surface area contributed by atoms with E-state index in [0.717, 1.165) is 25.0 Å². The Labute approximate surface area is 162 Å². The van der Waals surface area contributed by atoms with E-state index in [2.05, 4.69) is 5.32 Å². The van der Waals surface area contributed by atoms with Crippen molar-refractivity contribution < 1.29 is 22.8 Å². The molecule has 2 aliphatic rings. The summed E-state index contributed by atoms with van der Waals surface area (Å²) in [4.78, 5) is 28.9. The molecule has 1 N–H and O–H groups in total. The van der Waals surface area contributed by atoms with Gasteiger partial charge < -0.3 is 15.1 Å². The van der Waals surface area contributed by atoms with Crippen LogP contribution in [-0.4, -0.2) is 54.8 Å². The Kier molecular flexibility index (Phi) is 5.98. The molecule has 2 amide bonds. The maximum Gasteiger partial charge on any atom is 0.416 e. The summed E-state index contributed by atoms with van der Waals surface area (Å²) in [5.74, 6) is -0.570. The third-order valence-corrected chi connectivity index (χ3v) is 5.90. The van der Waals surface area contributed by atoms with Gasteiger partial charge in [0, 0.05) is 32.6 Å². The molecular weight excluding hydrogens is 371 g/mol. The molecule has 2 aliphatic heterocycles. The number of carbonyl (C=O) groups excluding carboxylic acids is 2. The van der Waals surface area contributed by atoms with E-state index in [-0.39, 0.29) is 24.3 Å². The van der Waals surface area contributed by atoms with Crippen LogP contribution in [0.2, 0.25) is 0 Å². The molecular formula is C20H26F3N3O2. The second kappa shape index (κ2) is 8.11. The Balaban J connectivity index is 1.86. The second-order valence-corrected chi connectivity index (χ2v) is 7.63. The van der Waals surface area contributed by atoms with Gasteiger partial charge in [-0.3, -0.25) is 9.59 Å². The molecule has 154 valence electrons. The number of hydrogen-bond acceptors (Lipinski definition) is 3. The Hall–Kier alpha value is -2.09. The van der Waals surface area contributed by atoms with Crippen molar-refractivity contribution >= 4 is 11.8 Å². The summed E-state index contributed by atoms with van der Waals surface area (Å²) in [6.45, 7) is 1.29. The molecule has 0 bridgehead atoms. The summed E-state index contributed by atoms with van der Waals surface area (Å²) in [6.07, 6.45) is -1.82. The third-order valence-electron chi connectivity index (χ3n) is 5.90. The van der Waals surface area contributed by atoms with Gasteiger partial charge in [0.2, 0.25) is 11.8 Å². The molecule has 0 aliphatic carbocycles. The summed E-state index contributed by atoms with van der Waals surface area (Å²) >= 11 is 0. The van der Waals surface area contributed by atoms with Crippen molar-refractivity contribution in [2.75, 3.05) is 27.2 Å². The van der Waals surface area contributed by atoms with Crippen molar-refractivity contribution in [3.63, 3.8) is 0 Å². The number of piperidine rings is 2. The van der Waals surface area contributed by atoms with Gasteiger partial charge in [-0.05, 0) is 44.0 Å². The van der Waals surface area contributed by atoms with Crippen molar-refractivity contribution in [2.24, 2.45) is 5.92 Å². The molecule has 0 aromatic heterocycles. The maximum absolute atomic E-state index is 13.3. The first-order chi connectivity index (χ1) is 13.2. The predicted molar refractivity (Wildman–Crippen MR) is 98.3 cm³/mol. The van der Waals surface area contributed by atoms with Crippen LogP contribution in [0.4, 0.5) is 13.2 Å². The summed E-state index contributed by atoms with van der Waals surface area (Å²) in [7, 11) is 3.49. The first kappa shape index (κ1) is 20.6. The number of halogens is 3. The SMILES string of the molecule is CNC1CCCN(C(=O)C2CCC(=O)N(C)C2c2ccc(C(F)(F)F)cc2)C1. The second-order valence-electron chi connectivity index (χ2n) is 7.63. The van der Waals surface area contributed by atoms with Gasteiger partial charge in [-0.25, -0.2) is 0 Å². The number of nitrogens with zero attached hydrogens (tertiary/aromatic N) is 2. The number of alkyl halides is 3. The summed E-state index contributed by atoms with van der Waals surface area (Å²) in [6, 6.07) is 4.49. The molecule has 28 heavy (non-hydrogen) atoms. The molecule has 3 unspecified atom stereocenters. The quantitative estimate of drug-likeness (QED) is 0.854. The minimum Gasteiger partial charge on any atom is -0.341 e. The lowest BCUT2D eigenvalue weighted by molar-refractivity contribution is -0.147. The van der Waals surface area contributed by atoms with Crippen molar-refractivity contribution in [1.29, 1.82) is 0 Å². The van der Waals surface area contributed by atoms with Crippen molar-refractivity contribution in [2.45, 2.75) is 43.9 Å². The average molecular weight is 397 g/mol. The molecule has 5 nitrogen and oxygen atoms in total. The average Bonchev–Trinajstić information content (AvgIpc) is 2.69. The maximum atomic E-state index is 13.3. The number of benzene rings is 1. The standard InChI is InChI=1S/C20H26F3N3O2/c1-24-15-4-3-11-26(12-15)19(28)16-9-10-17(27)25(2)18(16)13-5-7-14(8-6-13)20(21,22)23/h5-8,15-16,18,24H,3-4,9-12H2,1-2H3. The van der Waals surface area contributed by atoms with E-state index < -0.39 is 23.7 Å². The van der Waals surface area contributed by atoms with E-state index in [0.29, 0.717) is 25.1 Å². The summed E-state index contributed by atoms with van der Waals surface area (Å²) < 4.78 is 38.7. The molecule has 2 saturated heterocycles. The van der Waals surface area contributed by atoms with Crippen molar-refractivity contribution in [1.82, 2.24) is 15.1 Å². The van der Waals surface area contributed by atoms with E-state index in [1.54, 1.807) is 7.05 Å². The van der Waals surface area contributed by atoms with Gasteiger partial charge in [0.15, 0.2) is 0 Å². The predicted octanol–water partition coefficient (Wildman–Crippen LogP) is 2.83. The van der Waals surface area contributed by atoms with Crippen molar-refractivity contribution in [3.8, 4) is 0 Å². The van der Waals surface area contributed by atoms with Crippen LogP contribution in [0.3, 0.4) is 0 Å². The first-order valence-corrected chi connectivity index (χ1v) is 9.61. The highest BCUT2D eigenvalue weighted by Gasteiger charge is 2.41. The monoisotopic (exact) mass is 397 g/mol. The Morgan fingerprint density at radius 1 is 1.18 bits per heavy atom. The third kappa shape index (κ3) is 4.16. The zero-order valence-corrected chi connectivity index (χ0v) is 16.1. The van der Waals surface area contributed by atoms with Gasteiger partial charge in [-0.2, -0.15) is 13.2 Å². The lowest BCUT2D eigenvalue weighted by atomic mass is 9.83. The van der Waals surface area contributed by atoms with Gasteiger partial charge >= 0.3 is 6.18 Å². The molecule has 1 aromatic carbocycles. The fourth-order valence-corrected chi connectivity index (χ4v) is 4.27. The topological polar surface area (TPSA) is 52.7 Å². The molecule has 1 aromatic rings. The van der Waals surface area contributed by atoms with Crippen LogP contribution in [-0.2, 0) is 15.8 Å². The molecule has 0 radical (unpaired) electrons. The van der Waals surface area contributed by atoms with Gasteiger partial charge in [-0.15, -0.1) is 0 Å². The molecule has 2 fully saturated rings. The van der Waals surface area contributed by atoms with Crippen LogP contribution in [0.5, 0.6) is 0 Å². The zero-order chi connectivity index (χ0) is 20.5. The Bertz CT molecular complexity index is 720. The van der Waals surface area contributed by atoms with Crippen LogP contribution in [0.15, 0.2) is 24.3 Å². The lowest BCUT2D eigenvalue weighted by Crippen LogP contribution is -2.52. The summed E-state index contributed by atoms with van der Waals surface area (Å²) in [5, 5.41) is 3.21. The highest BCUT2D eigenvalue weighted by molar-refractivity contribution is 5.85. The lowest BCUT2D eigenvalue weighted by Gasteiger charge is -2.42. The smallest absolute Gasteiger partial charge is 0.341 e. The number of nitrogens with one attached hydrogen (secondary N) is 1. The molecule has 3 rings (SSSR count). The largest absolute Gasteiger partial charge is 0.416 e. The molecule has 8 heteroatoms. The van der Waals surface area contributed by atoms with Crippen LogP contribution < -0.4 is 5.32 Å². The van der Waals surface area contributed by atoms with E-state index in [4.69, 9.17) is 0 Å². The first-order valence-electron chi connectivity index (χ1n) is 9.61. The summed E-state index contributed by atoms with van der Waals surface area (Å²) in [5.41, 5.74) is -0.180. The highest BCUT2D eigenvalue weighted by Crippen LogP contribution is 2.38. The van der Waals surface area contributed by atoms with E-state index in [9.17, 15) is 22.8 Å². The van der Waals surface area contributed by atoms with Gasteiger partial charge in [-0.1, -0.05) is 12.1 Å². The van der Waals surface area contributed by atoms with E-state index >= 15 is 0 Å². The normalized spacial score (nSPS) is 26.5. The molecule has 0 saturated carbocycles.